The first-order valence-corrected chi connectivity index (χ1v) is 11.1. The quantitative estimate of drug-likeness (QED) is 0.495. The molecule has 5 heteroatoms. The molecule has 3 rings (SSSR count). The van der Waals surface area contributed by atoms with Gasteiger partial charge in [0, 0.05) is 30.9 Å². The number of hydrogen-bond donors (Lipinski definition) is 1. The zero-order chi connectivity index (χ0) is 21.5. The van der Waals surface area contributed by atoms with Gasteiger partial charge in [-0.2, -0.15) is 0 Å². The first kappa shape index (κ1) is 22.6. The Morgan fingerprint density at radius 1 is 1.10 bits per heavy atom. The zero-order valence-electron chi connectivity index (χ0n) is 18.4. The Labute approximate surface area is 179 Å². The van der Waals surface area contributed by atoms with Crippen LogP contribution in [0, 0.1) is 5.92 Å². The molecular formula is C25H34O5. The molecule has 1 N–H and O–H groups in total. The molecule has 30 heavy (non-hydrogen) atoms. The molecule has 1 unspecified atom stereocenters. The number of rotatable bonds is 12. The second-order valence-electron chi connectivity index (χ2n) is 8.09. The number of benzene rings is 1. The summed E-state index contributed by atoms with van der Waals surface area (Å²) in [4.78, 5) is 13.1. The lowest BCUT2D eigenvalue weighted by atomic mass is 9.85. The summed E-state index contributed by atoms with van der Waals surface area (Å²) in [5, 5.41) is 11.4. The van der Waals surface area contributed by atoms with Crippen LogP contribution >= 0.6 is 0 Å². The van der Waals surface area contributed by atoms with Gasteiger partial charge in [0.25, 0.3) is 0 Å². The van der Waals surface area contributed by atoms with E-state index in [9.17, 15) is 9.90 Å². The molecule has 1 saturated carbocycles. The van der Waals surface area contributed by atoms with Gasteiger partial charge in [-0.05, 0) is 37.2 Å². The molecular weight excluding hydrogens is 380 g/mol. The summed E-state index contributed by atoms with van der Waals surface area (Å²) in [6, 6.07) is 9.99. The highest BCUT2D eigenvalue weighted by Gasteiger charge is 2.38. The minimum atomic E-state index is -0.404. The van der Waals surface area contributed by atoms with Crippen LogP contribution in [0.2, 0.25) is 0 Å². The van der Waals surface area contributed by atoms with Crippen molar-refractivity contribution in [2.75, 3.05) is 26.9 Å². The highest BCUT2D eigenvalue weighted by Crippen LogP contribution is 2.48. The largest absolute Gasteiger partial charge is 0.507 e. The van der Waals surface area contributed by atoms with E-state index in [-0.39, 0.29) is 17.6 Å². The first-order chi connectivity index (χ1) is 14.6. The SMILES string of the molecule is CCC(CC)c1oc(=O)c(C(c2ccccc2)C2CC2)c(O)c1CCOCCOC. The molecule has 1 atom stereocenters. The van der Waals surface area contributed by atoms with Crippen molar-refractivity contribution in [1.82, 2.24) is 0 Å². The van der Waals surface area contributed by atoms with Gasteiger partial charge in [-0.25, -0.2) is 4.79 Å². The third-order valence-corrected chi connectivity index (χ3v) is 6.11. The summed E-state index contributed by atoms with van der Waals surface area (Å²) in [6.45, 7) is 5.62. The Hall–Kier alpha value is -2.11. The second-order valence-corrected chi connectivity index (χ2v) is 8.09. The van der Waals surface area contributed by atoms with Gasteiger partial charge in [0.1, 0.15) is 11.5 Å². The lowest BCUT2D eigenvalue weighted by Gasteiger charge is -2.22. The molecule has 1 fully saturated rings. The van der Waals surface area contributed by atoms with Gasteiger partial charge in [0.05, 0.1) is 25.4 Å². The fourth-order valence-electron chi connectivity index (χ4n) is 4.28. The molecule has 0 bridgehead atoms. The minimum Gasteiger partial charge on any atom is -0.507 e. The van der Waals surface area contributed by atoms with Crippen molar-refractivity contribution in [3.05, 3.63) is 63.2 Å². The highest BCUT2D eigenvalue weighted by atomic mass is 16.5. The van der Waals surface area contributed by atoms with Crippen molar-refractivity contribution in [3.8, 4) is 5.75 Å². The van der Waals surface area contributed by atoms with Crippen molar-refractivity contribution in [2.45, 2.75) is 57.8 Å². The number of hydrogen-bond acceptors (Lipinski definition) is 5. The lowest BCUT2D eigenvalue weighted by Crippen LogP contribution is -2.20. The molecule has 1 heterocycles. The molecule has 1 aromatic heterocycles. The molecule has 0 amide bonds. The maximum atomic E-state index is 13.1. The molecule has 5 nitrogen and oxygen atoms in total. The van der Waals surface area contributed by atoms with E-state index < -0.39 is 5.63 Å². The minimum absolute atomic E-state index is 0.0997. The number of methoxy groups -OCH3 is 1. The summed E-state index contributed by atoms with van der Waals surface area (Å²) in [6.07, 6.45) is 4.32. The van der Waals surface area contributed by atoms with Gasteiger partial charge in [0.2, 0.25) is 0 Å². The van der Waals surface area contributed by atoms with Crippen molar-refractivity contribution < 1.29 is 19.0 Å². The fourth-order valence-corrected chi connectivity index (χ4v) is 4.28. The number of aromatic hydroxyl groups is 1. The van der Waals surface area contributed by atoms with Crippen LogP contribution in [-0.4, -0.2) is 32.0 Å². The van der Waals surface area contributed by atoms with Crippen molar-refractivity contribution in [1.29, 1.82) is 0 Å². The van der Waals surface area contributed by atoms with Crippen LogP contribution < -0.4 is 5.63 Å². The number of ether oxygens (including phenoxy) is 2. The van der Waals surface area contributed by atoms with E-state index in [1.165, 1.54) is 0 Å². The molecule has 0 aliphatic heterocycles. The summed E-state index contributed by atoms with van der Waals surface area (Å²) < 4.78 is 16.6. The molecule has 0 spiro atoms. The van der Waals surface area contributed by atoms with Crippen LogP contribution in [0.15, 0.2) is 39.5 Å². The second kappa shape index (κ2) is 10.8. The Bertz CT molecular complexity index is 850. The summed E-state index contributed by atoms with van der Waals surface area (Å²) in [5.41, 5.74) is 1.78. The molecule has 2 aromatic rings. The Balaban J connectivity index is 2.03. The first-order valence-electron chi connectivity index (χ1n) is 11.1. The van der Waals surface area contributed by atoms with E-state index in [2.05, 4.69) is 13.8 Å². The van der Waals surface area contributed by atoms with Crippen LogP contribution in [0.5, 0.6) is 5.75 Å². The van der Waals surface area contributed by atoms with Crippen molar-refractivity contribution in [2.24, 2.45) is 5.92 Å². The summed E-state index contributed by atoms with van der Waals surface area (Å²) in [7, 11) is 1.64. The van der Waals surface area contributed by atoms with E-state index in [1.54, 1.807) is 7.11 Å². The average molecular weight is 415 g/mol. The van der Waals surface area contributed by atoms with Crippen molar-refractivity contribution >= 4 is 0 Å². The van der Waals surface area contributed by atoms with E-state index in [0.717, 1.165) is 36.8 Å². The predicted molar refractivity (Wildman–Crippen MR) is 117 cm³/mol. The smallest absolute Gasteiger partial charge is 0.343 e. The normalized spacial score (nSPS) is 14.9. The van der Waals surface area contributed by atoms with Crippen LogP contribution in [0.1, 0.15) is 73.8 Å². The molecule has 0 saturated heterocycles. The molecule has 164 valence electrons. The predicted octanol–water partition coefficient (Wildman–Crippen LogP) is 5.00. The highest BCUT2D eigenvalue weighted by molar-refractivity contribution is 5.47. The maximum Gasteiger partial charge on any atom is 0.343 e. The van der Waals surface area contributed by atoms with E-state index in [4.69, 9.17) is 13.9 Å². The Morgan fingerprint density at radius 2 is 1.80 bits per heavy atom. The van der Waals surface area contributed by atoms with Gasteiger partial charge in [-0.3, -0.25) is 0 Å². The van der Waals surface area contributed by atoms with E-state index in [0.29, 0.717) is 43.5 Å². The molecule has 1 aliphatic carbocycles. The topological polar surface area (TPSA) is 68.9 Å². The van der Waals surface area contributed by atoms with Crippen LogP contribution in [-0.2, 0) is 15.9 Å². The Kier molecular flexibility index (Phi) is 8.11. The third-order valence-electron chi connectivity index (χ3n) is 6.11. The monoisotopic (exact) mass is 414 g/mol. The Morgan fingerprint density at radius 3 is 2.40 bits per heavy atom. The van der Waals surface area contributed by atoms with Gasteiger partial charge in [0.15, 0.2) is 0 Å². The van der Waals surface area contributed by atoms with Crippen molar-refractivity contribution in [3.63, 3.8) is 0 Å². The van der Waals surface area contributed by atoms with Crippen LogP contribution in [0.3, 0.4) is 0 Å². The molecule has 1 aromatic carbocycles. The van der Waals surface area contributed by atoms with Crippen LogP contribution in [0.4, 0.5) is 0 Å². The standard InChI is InChI=1S/C25H34O5/c1-4-17(5-2)24-20(13-14-29-16-15-28-3)23(26)22(25(27)30-24)21(19-11-12-19)18-9-7-6-8-10-18/h6-10,17,19,21,26H,4-5,11-16H2,1-3H3. The van der Waals surface area contributed by atoms with Gasteiger partial charge < -0.3 is 19.0 Å². The molecule has 1 aliphatic rings. The third kappa shape index (κ3) is 5.13. The molecule has 0 radical (unpaired) electrons. The lowest BCUT2D eigenvalue weighted by molar-refractivity contribution is 0.0717. The van der Waals surface area contributed by atoms with Gasteiger partial charge >= 0.3 is 5.63 Å². The fraction of sp³-hybridized carbons (Fsp3) is 0.560. The average Bonchev–Trinajstić information content (AvgIpc) is 3.59. The van der Waals surface area contributed by atoms with E-state index in [1.807, 2.05) is 30.3 Å². The van der Waals surface area contributed by atoms with E-state index >= 15 is 0 Å². The van der Waals surface area contributed by atoms with Gasteiger partial charge in [-0.1, -0.05) is 44.2 Å². The summed E-state index contributed by atoms with van der Waals surface area (Å²) >= 11 is 0. The zero-order valence-corrected chi connectivity index (χ0v) is 18.4. The summed E-state index contributed by atoms with van der Waals surface area (Å²) in [5.74, 6) is 1.05. The van der Waals surface area contributed by atoms with Crippen LogP contribution in [0.25, 0.3) is 0 Å². The van der Waals surface area contributed by atoms with Gasteiger partial charge in [-0.15, -0.1) is 0 Å². The maximum absolute atomic E-state index is 13.1.